The molecule has 0 aliphatic carbocycles. The van der Waals surface area contributed by atoms with Crippen molar-refractivity contribution in [3.8, 4) is 5.75 Å². The van der Waals surface area contributed by atoms with Crippen LogP contribution >= 0.6 is 23.2 Å². The molecule has 0 aromatic heterocycles. The molecule has 3 rings (SSSR count). The lowest BCUT2D eigenvalue weighted by atomic mass is 10.1. The van der Waals surface area contributed by atoms with E-state index in [1.165, 1.54) is 0 Å². The van der Waals surface area contributed by atoms with Crippen molar-refractivity contribution in [1.82, 2.24) is 0 Å². The predicted octanol–water partition coefficient (Wildman–Crippen LogP) is 5.94. The minimum atomic E-state index is -0.618. The zero-order valence-corrected chi connectivity index (χ0v) is 15.1. The zero-order chi connectivity index (χ0) is 17.8. The third kappa shape index (κ3) is 4.25. The molecule has 0 unspecified atom stereocenters. The Morgan fingerprint density at radius 2 is 1.80 bits per heavy atom. The van der Waals surface area contributed by atoms with E-state index >= 15 is 0 Å². The summed E-state index contributed by atoms with van der Waals surface area (Å²) in [6.45, 7) is 1.90. The number of ether oxygens (including phenoxy) is 1. The first-order chi connectivity index (χ1) is 12.1. The summed E-state index contributed by atoms with van der Waals surface area (Å²) in [7, 11) is 0. The van der Waals surface area contributed by atoms with Crippen molar-refractivity contribution in [3.05, 3.63) is 70.7 Å². The maximum atomic E-state index is 12.5. The second-order valence-corrected chi connectivity index (χ2v) is 6.48. The van der Waals surface area contributed by atoms with Gasteiger partial charge >= 0.3 is 0 Å². The second kappa shape index (κ2) is 7.77. The molecule has 3 aromatic carbocycles. The lowest BCUT2D eigenvalue weighted by Gasteiger charge is -2.18. The van der Waals surface area contributed by atoms with Crippen LogP contribution in [0.2, 0.25) is 10.0 Å². The van der Waals surface area contributed by atoms with Gasteiger partial charge in [-0.15, -0.1) is 0 Å². The van der Waals surface area contributed by atoms with Crippen LogP contribution < -0.4 is 10.1 Å². The van der Waals surface area contributed by atoms with Gasteiger partial charge in [0, 0.05) is 5.02 Å². The number of hydrogen-bond acceptors (Lipinski definition) is 2. The molecule has 3 nitrogen and oxygen atoms in total. The average Bonchev–Trinajstić information content (AvgIpc) is 2.61. The smallest absolute Gasteiger partial charge is 0.265 e. The first kappa shape index (κ1) is 17.6. The minimum Gasteiger partial charge on any atom is -0.481 e. The molecule has 0 saturated carbocycles. The first-order valence-corrected chi connectivity index (χ1v) is 8.74. The van der Waals surface area contributed by atoms with Crippen molar-refractivity contribution >= 4 is 45.6 Å². The van der Waals surface area contributed by atoms with E-state index in [2.05, 4.69) is 5.32 Å². The van der Waals surface area contributed by atoms with Crippen molar-refractivity contribution in [2.24, 2.45) is 0 Å². The molecule has 0 bridgehead atoms. The fourth-order valence-electron chi connectivity index (χ4n) is 2.53. The van der Waals surface area contributed by atoms with Gasteiger partial charge in [0.2, 0.25) is 0 Å². The molecule has 25 heavy (non-hydrogen) atoms. The molecular formula is C20H17Cl2NO2. The van der Waals surface area contributed by atoms with E-state index < -0.39 is 6.10 Å². The first-order valence-electron chi connectivity index (χ1n) is 7.98. The van der Waals surface area contributed by atoms with Gasteiger partial charge in [0.1, 0.15) is 5.75 Å². The fraction of sp³-hybridized carbons (Fsp3) is 0.150. The average molecular weight is 374 g/mol. The van der Waals surface area contributed by atoms with Crippen LogP contribution in [0, 0.1) is 0 Å². The van der Waals surface area contributed by atoms with Gasteiger partial charge in [-0.25, -0.2) is 0 Å². The van der Waals surface area contributed by atoms with Gasteiger partial charge in [-0.3, -0.25) is 4.79 Å². The Labute approximate surface area is 156 Å². The van der Waals surface area contributed by atoms with Gasteiger partial charge in [-0.1, -0.05) is 60.5 Å². The highest BCUT2D eigenvalue weighted by molar-refractivity contribution is 6.36. The summed E-state index contributed by atoms with van der Waals surface area (Å²) < 4.78 is 5.89. The molecule has 0 aliphatic rings. The van der Waals surface area contributed by atoms with Gasteiger partial charge in [-0.05, 0) is 47.5 Å². The Balaban J connectivity index is 1.75. The molecule has 1 atom stereocenters. The van der Waals surface area contributed by atoms with E-state index in [1.807, 2.05) is 49.4 Å². The fourth-order valence-corrected chi connectivity index (χ4v) is 2.99. The summed E-state index contributed by atoms with van der Waals surface area (Å²) in [5.74, 6) is 0.405. The molecule has 0 radical (unpaired) electrons. The Morgan fingerprint density at radius 3 is 2.52 bits per heavy atom. The van der Waals surface area contributed by atoms with Crippen LogP contribution in [0.5, 0.6) is 5.75 Å². The Morgan fingerprint density at radius 1 is 1.04 bits per heavy atom. The normalized spacial score (nSPS) is 12.0. The molecule has 0 aliphatic heterocycles. The van der Waals surface area contributed by atoms with Crippen LogP contribution in [0.1, 0.15) is 13.3 Å². The molecule has 0 spiro atoms. The number of hydrogen-bond donors (Lipinski definition) is 1. The van der Waals surface area contributed by atoms with E-state index in [0.29, 0.717) is 27.9 Å². The number of nitrogens with one attached hydrogen (secondary N) is 1. The number of benzene rings is 3. The summed E-state index contributed by atoms with van der Waals surface area (Å²) in [6.07, 6.45) is -0.0861. The molecule has 5 heteroatoms. The monoisotopic (exact) mass is 373 g/mol. The predicted molar refractivity (Wildman–Crippen MR) is 104 cm³/mol. The lowest BCUT2D eigenvalue weighted by Crippen LogP contribution is -2.32. The third-order valence-electron chi connectivity index (χ3n) is 3.85. The maximum absolute atomic E-state index is 12.5. The SMILES string of the molecule is CC[C@H](Oc1ccc2ccccc2c1)C(=O)Nc1ccc(Cl)cc1Cl. The van der Waals surface area contributed by atoms with Crippen LogP contribution in [-0.2, 0) is 4.79 Å². The van der Waals surface area contributed by atoms with Gasteiger partial charge in [0.15, 0.2) is 6.10 Å². The van der Waals surface area contributed by atoms with Crippen LogP contribution in [0.15, 0.2) is 60.7 Å². The van der Waals surface area contributed by atoms with Gasteiger partial charge in [0.05, 0.1) is 10.7 Å². The summed E-state index contributed by atoms with van der Waals surface area (Å²) in [5, 5.41) is 5.89. The molecule has 1 N–H and O–H groups in total. The van der Waals surface area contributed by atoms with Gasteiger partial charge < -0.3 is 10.1 Å². The summed E-state index contributed by atoms with van der Waals surface area (Å²) in [5.41, 5.74) is 0.511. The molecule has 0 saturated heterocycles. The maximum Gasteiger partial charge on any atom is 0.265 e. The lowest BCUT2D eigenvalue weighted by molar-refractivity contribution is -0.122. The van der Waals surface area contributed by atoms with Crippen molar-refractivity contribution < 1.29 is 9.53 Å². The Hall–Kier alpha value is -2.23. The highest BCUT2D eigenvalue weighted by atomic mass is 35.5. The van der Waals surface area contributed by atoms with Crippen molar-refractivity contribution in [3.63, 3.8) is 0 Å². The number of carbonyl (C=O) groups is 1. The highest BCUT2D eigenvalue weighted by Crippen LogP contribution is 2.26. The highest BCUT2D eigenvalue weighted by Gasteiger charge is 2.19. The van der Waals surface area contributed by atoms with Crippen molar-refractivity contribution in [1.29, 1.82) is 0 Å². The number of amides is 1. The quantitative estimate of drug-likeness (QED) is 0.600. The molecule has 1 amide bonds. The molecule has 128 valence electrons. The number of rotatable bonds is 5. The third-order valence-corrected chi connectivity index (χ3v) is 4.40. The minimum absolute atomic E-state index is 0.250. The molecule has 3 aromatic rings. The number of anilines is 1. The van der Waals surface area contributed by atoms with E-state index in [1.54, 1.807) is 18.2 Å². The topological polar surface area (TPSA) is 38.3 Å². The molecule has 0 fully saturated rings. The van der Waals surface area contributed by atoms with Crippen LogP contribution in [-0.4, -0.2) is 12.0 Å². The van der Waals surface area contributed by atoms with Crippen molar-refractivity contribution in [2.75, 3.05) is 5.32 Å². The van der Waals surface area contributed by atoms with Crippen LogP contribution in [0.3, 0.4) is 0 Å². The number of halogens is 2. The molecule has 0 heterocycles. The Bertz CT molecular complexity index is 911. The largest absolute Gasteiger partial charge is 0.481 e. The second-order valence-electron chi connectivity index (χ2n) is 5.64. The van der Waals surface area contributed by atoms with E-state index in [9.17, 15) is 4.79 Å². The summed E-state index contributed by atoms with van der Waals surface area (Å²) in [6, 6.07) is 18.7. The van der Waals surface area contributed by atoms with E-state index in [-0.39, 0.29) is 5.91 Å². The van der Waals surface area contributed by atoms with Crippen LogP contribution in [0.25, 0.3) is 10.8 Å². The number of fused-ring (bicyclic) bond motifs is 1. The molecular weight excluding hydrogens is 357 g/mol. The zero-order valence-electron chi connectivity index (χ0n) is 13.6. The number of carbonyl (C=O) groups excluding carboxylic acids is 1. The summed E-state index contributed by atoms with van der Waals surface area (Å²) >= 11 is 12.0. The van der Waals surface area contributed by atoms with E-state index in [0.717, 1.165) is 10.8 Å². The van der Waals surface area contributed by atoms with Gasteiger partial charge in [-0.2, -0.15) is 0 Å². The summed E-state index contributed by atoms with van der Waals surface area (Å²) in [4.78, 5) is 12.5. The Kier molecular flexibility index (Phi) is 5.47. The standard InChI is InChI=1S/C20H17Cl2NO2/c1-2-19(20(24)23-18-10-8-15(21)12-17(18)22)25-16-9-7-13-5-3-4-6-14(13)11-16/h3-12,19H,2H2,1H3,(H,23,24)/t19-/m0/s1. The van der Waals surface area contributed by atoms with Crippen LogP contribution in [0.4, 0.5) is 5.69 Å². The van der Waals surface area contributed by atoms with Gasteiger partial charge in [0.25, 0.3) is 5.91 Å². The van der Waals surface area contributed by atoms with E-state index in [4.69, 9.17) is 27.9 Å². The van der Waals surface area contributed by atoms with Crippen molar-refractivity contribution in [2.45, 2.75) is 19.4 Å².